The molecule has 2 heterocycles. The van der Waals surface area contributed by atoms with Crippen LogP contribution in [0.5, 0.6) is 5.75 Å². The summed E-state index contributed by atoms with van der Waals surface area (Å²) in [5.41, 5.74) is 1.28. The fourth-order valence-corrected chi connectivity index (χ4v) is 3.86. The predicted molar refractivity (Wildman–Crippen MR) is 95.8 cm³/mol. The van der Waals surface area contributed by atoms with Gasteiger partial charge in [-0.05, 0) is 49.3 Å². The molecular weight excluding hydrogens is 318 g/mol. The van der Waals surface area contributed by atoms with E-state index in [0.29, 0.717) is 13.0 Å². The molecule has 2 aliphatic rings. The molecule has 0 radical (unpaired) electrons. The van der Waals surface area contributed by atoms with Gasteiger partial charge in [-0.15, -0.1) is 0 Å². The first-order chi connectivity index (χ1) is 12.1. The predicted octanol–water partition coefficient (Wildman–Crippen LogP) is 2.67. The van der Waals surface area contributed by atoms with E-state index in [4.69, 9.17) is 14.2 Å². The van der Waals surface area contributed by atoms with E-state index >= 15 is 0 Å². The molecule has 5 heteroatoms. The number of hydrogen-bond acceptors (Lipinski definition) is 4. The van der Waals surface area contributed by atoms with Crippen LogP contribution in [0.2, 0.25) is 0 Å². The lowest BCUT2D eigenvalue weighted by Gasteiger charge is -2.38. The number of nitrogens with zero attached hydrogens (tertiary/aromatic N) is 1. The molecule has 2 saturated heterocycles. The normalized spacial score (nSPS) is 22.3. The average Bonchev–Trinajstić information content (AvgIpc) is 3.03. The van der Waals surface area contributed by atoms with Crippen molar-refractivity contribution in [1.82, 2.24) is 4.90 Å². The number of ether oxygens (including phenoxy) is 3. The van der Waals surface area contributed by atoms with Crippen molar-refractivity contribution in [3.63, 3.8) is 0 Å². The minimum Gasteiger partial charge on any atom is -0.497 e. The topological polar surface area (TPSA) is 48.0 Å². The number of carbonyl (C=O) groups excluding carboxylic acids is 1. The van der Waals surface area contributed by atoms with Gasteiger partial charge >= 0.3 is 0 Å². The summed E-state index contributed by atoms with van der Waals surface area (Å²) in [5.74, 6) is 1.03. The van der Waals surface area contributed by atoms with Crippen LogP contribution in [-0.4, -0.2) is 56.9 Å². The van der Waals surface area contributed by atoms with E-state index in [1.165, 1.54) is 0 Å². The Morgan fingerprint density at radius 3 is 2.64 bits per heavy atom. The van der Waals surface area contributed by atoms with Crippen molar-refractivity contribution in [3.8, 4) is 5.75 Å². The zero-order chi connectivity index (χ0) is 17.7. The number of likely N-dealkylation sites (tertiary alicyclic amines) is 1. The monoisotopic (exact) mass is 347 g/mol. The van der Waals surface area contributed by atoms with E-state index in [0.717, 1.165) is 56.9 Å². The van der Waals surface area contributed by atoms with Gasteiger partial charge in [0.2, 0.25) is 5.91 Å². The largest absolute Gasteiger partial charge is 0.497 e. The second kappa shape index (κ2) is 8.19. The maximum atomic E-state index is 12.6. The zero-order valence-electron chi connectivity index (χ0n) is 15.3. The first kappa shape index (κ1) is 18.2. The highest BCUT2D eigenvalue weighted by molar-refractivity contribution is 5.78. The number of hydrogen-bond donors (Lipinski definition) is 0. The quantitative estimate of drug-likeness (QED) is 0.794. The van der Waals surface area contributed by atoms with Gasteiger partial charge < -0.3 is 19.1 Å². The molecule has 0 aliphatic carbocycles. The molecule has 2 fully saturated rings. The molecule has 1 atom stereocenters. The third kappa shape index (κ3) is 4.53. The van der Waals surface area contributed by atoms with Crippen LogP contribution in [0.25, 0.3) is 0 Å². The fourth-order valence-electron chi connectivity index (χ4n) is 3.86. The van der Waals surface area contributed by atoms with Crippen LogP contribution in [0.4, 0.5) is 0 Å². The molecule has 0 saturated carbocycles. The van der Waals surface area contributed by atoms with E-state index in [-0.39, 0.29) is 17.4 Å². The fraction of sp³-hybridized carbons (Fsp3) is 0.650. The molecule has 1 amide bonds. The molecule has 2 aliphatic heterocycles. The lowest BCUT2D eigenvalue weighted by Crippen LogP contribution is -2.44. The number of rotatable bonds is 6. The van der Waals surface area contributed by atoms with Gasteiger partial charge in [-0.2, -0.15) is 0 Å². The van der Waals surface area contributed by atoms with Crippen molar-refractivity contribution in [2.45, 2.75) is 38.7 Å². The Morgan fingerprint density at radius 1 is 1.28 bits per heavy atom. The van der Waals surface area contributed by atoms with Crippen LogP contribution >= 0.6 is 0 Å². The highest BCUT2D eigenvalue weighted by Gasteiger charge is 2.42. The van der Waals surface area contributed by atoms with E-state index in [1.54, 1.807) is 7.11 Å². The molecule has 5 nitrogen and oxygen atoms in total. The van der Waals surface area contributed by atoms with Crippen LogP contribution in [0.1, 0.15) is 31.7 Å². The molecule has 1 spiro atoms. The standard InChI is InChI=1S/C20H29NO4/c1-3-24-14-18-13-20(15-25-18)8-10-21(11-9-20)19(22)12-16-4-6-17(23-2)7-5-16/h4-7,18H,3,8-15H2,1-2H3/t18-/m0/s1. The Balaban J connectivity index is 1.47. The molecule has 3 rings (SSSR count). The Bertz CT molecular complexity index is 564. The summed E-state index contributed by atoms with van der Waals surface area (Å²) in [6.07, 6.45) is 3.81. The number of benzene rings is 1. The second-order valence-corrected chi connectivity index (χ2v) is 7.20. The van der Waals surface area contributed by atoms with E-state index in [2.05, 4.69) is 0 Å². The van der Waals surface area contributed by atoms with Crippen molar-refractivity contribution in [2.24, 2.45) is 5.41 Å². The van der Waals surface area contributed by atoms with E-state index in [1.807, 2.05) is 36.1 Å². The van der Waals surface area contributed by atoms with Crippen molar-refractivity contribution in [1.29, 1.82) is 0 Å². The maximum Gasteiger partial charge on any atom is 0.226 e. The smallest absolute Gasteiger partial charge is 0.226 e. The third-order valence-electron chi connectivity index (χ3n) is 5.48. The molecule has 0 unspecified atom stereocenters. The molecule has 0 N–H and O–H groups in total. The maximum absolute atomic E-state index is 12.6. The van der Waals surface area contributed by atoms with Gasteiger partial charge in [0.05, 0.1) is 32.8 Å². The average molecular weight is 347 g/mol. The van der Waals surface area contributed by atoms with Gasteiger partial charge in [0, 0.05) is 19.7 Å². The van der Waals surface area contributed by atoms with E-state index in [9.17, 15) is 4.79 Å². The minimum absolute atomic E-state index is 0.213. The van der Waals surface area contributed by atoms with Crippen molar-refractivity contribution in [3.05, 3.63) is 29.8 Å². The SMILES string of the molecule is CCOC[C@@H]1CC2(CCN(C(=O)Cc3ccc(OC)cc3)CC2)CO1. The molecule has 1 aromatic carbocycles. The molecule has 0 aromatic heterocycles. The molecule has 1 aromatic rings. The Morgan fingerprint density at radius 2 is 2.00 bits per heavy atom. The molecular formula is C20H29NO4. The summed E-state index contributed by atoms with van der Waals surface area (Å²) in [7, 11) is 1.65. The first-order valence-corrected chi connectivity index (χ1v) is 9.24. The first-order valence-electron chi connectivity index (χ1n) is 9.24. The van der Waals surface area contributed by atoms with Gasteiger partial charge in [-0.25, -0.2) is 0 Å². The lowest BCUT2D eigenvalue weighted by molar-refractivity contribution is -0.132. The highest BCUT2D eigenvalue weighted by Crippen LogP contribution is 2.42. The van der Waals surface area contributed by atoms with Gasteiger partial charge in [-0.3, -0.25) is 4.79 Å². The van der Waals surface area contributed by atoms with Crippen molar-refractivity contribution < 1.29 is 19.0 Å². The lowest BCUT2D eigenvalue weighted by atomic mass is 9.76. The van der Waals surface area contributed by atoms with Crippen LogP contribution in [-0.2, 0) is 20.7 Å². The van der Waals surface area contributed by atoms with Crippen LogP contribution in [0.15, 0.2) is 24.3 Å². The van der Waals surface area contributed by atoms with Gasteiger partial charge in [0.1, 0.15) is 5.75 Å². The highest BCUT2D eigenvalue weighted by atomic mass is 16.5. The van der Waals surface area contributed by atoms with Crippen molar-refractivity contribution in [2.75, 3.05) is 40.0 Å². The van der Waals surface area contributed by atoms with Gasteiger partial charge in [0.15, 0.2) is 0 Å². The van der Waals surface area contributed by atoms with E-state index < -0.39 is 0 Å². The molecule has 138 valence electrons. The zero-order valence-corrected chi connectivity index (χ0v) is 15.3. The minimum atomic E-state index is 0.213. The van der Waals surface area contributed by atoms with Crippen LogP contribution in [0, 0.1) is 5.41 Å². The number of amides is 1. The van der Waals surface area contributed by atoms with Crippen LogP contribution in [0.3, 0.4) is 0 Å². The summed E-state index contributed by atoms with van der Waals surface area (Å²) in [4.78, 5) is 14.6. The number of piperidine rings is 1. The summed E-state index contributed by atoms with van der Waals surface area (Å²) in [6.45, 7) is 5.92. The van der Waals surface area contributed by atoms with Crippen molar-refractivity contribution >= 4 is 5.91 Å². The Labute approximate surface area is 150 Å². The second-order valence-electron chi connectivity index (χ2n) is 7.20. The summed E-state index contributed by atoms with van der Waals surface area (Å²) >= 11 is 0. The Kier molecular flexibility index (Phi) is 5.97. The Hall–Kier alpha value is -1.59. The van der Waals surface area contributed by atoms with Gasteiger partial charge in [0.25, 0.3) is 0 Å². The number of carbonyl (C=O) groups is 1. The summed E-state index contributed by atoms with van der Waals surface area (Å²) < 4.78 is 16.6. The molecule has 25 heavy (non-hydrogen) atoms. The summed E-state index contributed by atoms with van der Waals surface area (Å²) in [5, 5.41) is 0. The third-order valence-corrected chi connectivity index (χ3v) is 5.48. The van der Waals surface area contributed by atoms with Crippen LogP contribution < -0.4 is 4.74 Å². The summed E-state index contributed by atoms with van der Waals surface area (Å²) in [6, 6.07) is 7.74. The van der Waals surface area contributed by atoms with Gasteiger partial charge in [-0.1, -0.05) is 12.1 Å². The number of methoxy groups -OCH3 is 1. The molecule has 0 bridgehead atoms.